The van der Waals surface area contributed by atoms with Crippen molar-refractivity contribution in [1.29, 1.82) is 0 Å². The molecule has 0 unspecified atom stereocenters. The molecule has 2 aromatic rings. The van der Waals surface area contributed by atoms with E-state index in [1.165, 1.54) is 66.3 Å². The monoisotopic (exact) mass is 388 g/mol. The summed E-state index contributed by atoms with van der Waals surface area (Å²) in [7, 11) is 0. The summed E-state index contributed by atoms with van der Waals surface area (Å²) in [5.41, 5.74) is 9.07. The standard InChI is InChI=1S/C15H13.C6H10.C5H5.Ti/c1-10-3-5-12-9-13-6-4-11(2)8-15(13)14(12)7-10;1-2-4-6-5-3-1;1-2-4-5-3-1;/h3-5,7-8H,9H2,1-2H3;1-5H2;1-3H,4H2;. The molecule has 1 heteroatoms. The molecule has 0 N–H and O–H groups in total. The molecular weight excluding hydrogens is 360 g/mol. The number of hydrogen-bond acceptors (Lipinski definition) is 0. The summed E-state index contributed by atoms with van der Waals surface area (Å²) < 4.78 is 5.51. The minimum atomic E-state index is -1.58. The summed E-state index contributed by atoms with van der Waals surface area (Å²) in [6.07, 6.45) is 16.5. The SMILES string of the molecule is Cc1ccc2c(c1)-c1cc(C)c[c]([Ti]([C]3=CC=CC3)=[C]3CCCCC3)c1C2. The first-order chi connectivity index (χ1) is 13.2. The third kappa shape index (κ3) is 3.18. The molecule has 0 nitrogen and oxygen atoms in total. The Morgan fingerprint density at radius 3 is 2.44 bits per heavy atom. The van der Waals surface area contributed by atoms with Crippen LogP contribution in [0.5, 0.6) is 0 Å². The van der Waals surface area contributed by atoms with Crippen LogP contribution in [-0.4, -0.2) is 3.81 Å². The third-order valence-corrected chi connectivity index (χ3v) is 11.5. The Morgan fingerprint density at radius 2 is 1.67 bits per heavy atom. The number of hydrogen-bond donors (Lipinski definition) is 0. The van der Waals surface area contributed by atoms with Crippen LogP contribution in [-0.2, 0) is 23.8 Å². The van der Waals surface area contributed by atoms with Gasteiger partial charge in [0, 0.05) is 0 Å². The molecule has 0 saturated heterocycles. The molecule has 27 heavy (non-hydrogen) atoms. The summed E-state index contributed by atoms with van der Waals surface area (Å²) in [6, 6.07) is 12.1. The van der Waals surface area contributed by atoms with Crippen molar-refractivity contribution in [3.05, 3.63) is 74.7 Å². The fourth-order valence-corrected chi connectivity index (χ4v) is 10.7. The Balaban J connectivity index is 1.73. The maximum atomic E-state index is 2.58. The van der Waals surface area contributed by atoms with Crippen molar-refractivity contribution < 1.29 is 17.4 Å². The first-order valence-corrected chi connectivity index (χ1v) is 12.9. The zero-order valence-corrected chi connectivity index (χ0v) is 18.1. The quantitative estimate of drug-likeness (QED) is 0.466. The Hall–Kier alpha value is -1.50. The summed E-state index contributed by atoms with van der Waals surface area (Å²) in [5, 5.41) is 0. The van der Waals surface area contributed by atoms with Gasteiger partial charge in [-0.2, -0.15) is 0 Å². The molecule has 3 aliphatic rings. The topological polar surface area (TPSA) is 0 Å². The van der Waals surface area contributed by atoms with Gasteiger partial charge in [0.05, 0.1) is 0 Å². The van der Waals surface area contributed by atoms with Crippen molar-refractivity contribution in [2.75, 3.05) is 0 Å². The van der Waals surface area contributed by atoms with Gasteiger partial charge in [-0.15, -0.1) is 0 Å². The number of benzene rings is 2. The number of fused-ring (bicyclic) bond motifs is 3. The molecule has 136 valence electrons. The summed E-state index contributed by atoms with van der Waals surface area (Å²) >= 11 is -1.58. The van der Waals surface area contributed by atoms with Gasteiger partial charge in [0.15, 0.2) is 0 Å². The second-order valence-electron chi connectivity index (χ2n) is 8.54. The van der Waals surface area contributed by atoms with Gasteiger partial charge >= 0.3 is 170 Å². The molecule has 0 aliphatic heterocycles. The van der Waals surface area contributed by atoms with E-state index in [0.29, 0.717) is 0 Å². The molecule has 0 aromatic heterocycles. The predicted octanol–water partition coefficient (Wildman–Crippen LogP) is 6.10. The van der Waals surface area contributed by atoms with Crippen LogP contribution in [0.25, 0.3) is 11.1 Å². The van der Waals surface area contributed by atoms with Crippen LogP contribution in [0, 0.1) is 13.8 Å². The molecule has 0 amide bonds. The van der Waals surface area contributed by atoms with Gasteiger partial charge in [-0.1, -0.05) is 0 Å². The van der Waals surface area contributed by atoms with Crippen LogP contribution in [0.3, 0.4) is 0 Å². The van der Waals surface area contributed by atoms with Crippen molar-refractivity contribution in [3.63, 3.8) is 0 Å². The van der Waals surface area contributed by atoms with Crippen molar-refractivity contribution in [3.8, 4) is 11.1 Å². The first-order valence-electron chi connectivity index (χ1n) is 10.5. The van der Waals surface area contributed by atoms with Crippen LogP contribution in [0.1, 0.15) is 60.8 Å². The normalized spacial score (nSPS) is 17.7. The van der Waals surface area contributed by atoms with E-state index in [-0.39, 0.29) is 0 Å². The van der Waals surface area contributed by atoms with Gasteiger partial charge < -0.3 is 0 Å². The molecule has 2 aromatic carbocycles. The zero-order chi connectivity index (χ0) is 18.4. The zero-order valence-electron chi connectivity index (χ0n) is 16.6. The molecule has 0 bridgehead atoms. The molecule has 1 saturated carbocycles. The molecule has 0 heterocycles. The summed E-state index contributed by atoms with van der Waals surface area (Å²) in [5.74, 6) is 0. The summed E-state index contributed by atoms with van der Waals surface area (Å²) in [6.45, 7) is 4.53. The minimum absolute atomic E-state index is 1.14. The van der Waals surface area contributed by atoms with Crippen molar-refractivity contribution in [2.45, 2.75) is 58.8 Å². The average molecular weight is 388 g/mol. The second kappa shape index (κ2) is 7.15. The van der Waals surface area contributed by atoms with Crippen LogP contribution in [0.4, 0.5) is 0 Å². The Kier molecular flexibility index (Phi) is 4.66. The van der Waals surface area contributed by atoms with E-state index >= 15 is 0 Å². The molecule has 1 fully saturated rings. The average Bonchev–Trinajstić information content (AvgIpc) is 3.31. The Bertz CT molecular complexity index is 1010. The number of aryl methyl sites for hydroxylation is 2. The Morgan fingerprint density at radius 1 is 0.852 bits per heavy atom. The molecule has 0 radical (unpaired) electrons. The van der Waals surface area contributed by atoms with E-state index < -0.39 is 17.4 Å². The molecule has 0 spiro atoms. The van der Waals surface area contributed by atoms with Gasteiger partial charge in [0.25, 0.3) is 0 Å². The van der Waals surface area contributed by atoms with E-state index in [1.54, 1.807) is 13.3 Å². The van der Waals surface area contributed by atoms with E-state index in [9.17, 15) is 0 Å². The molecule has 5 rings (SSSR count). The van der Waals surface area contributed by atoms with E-state index in [2.05, 4.69) is 62.4 Å². The van der Waals surface area contributed by atoms with Crippen molar-refractivity contribution >= 4 is 7.68 Å². The van der Waals surface area contributed by atoms with Gasteiger partial charge in [0.2, 0.25) is 0 Å². The van der Waals surface area contributed by atoms with Gasteiger partial charge in [-0.05, 0) is 0 Å². The number of allylic oxidation sites excluding steroid dienone is 4. The maximum absolute atomic E-state index is 2.58. The van der Waals surface area contributed by atoms with E-state index in [4.69, 9.17) is 0 Å². The first kappa shape index (κ1) is 17.6. The molecule has 3 aliphatic carbocycles. The van der Waals surface area contributed by atoms with Gasteiger partial charge in [-0.25, -0.2) is 0 Å². The van der Waals surface area contributed by atoms with Crippen molar-refractivity contribution in [2.24, 2.45) is 0 Å². The second-order valence-corrected chi connectivity index (χ2v) is 12.7. The summed E-state index contributed by atoms with van der Waals surface area (Å²) in [4.78, 5) is 0. The van der Waals surface area contributed by atoms with Crippen LogP contribution >= 0.6 is 0 Å². The number of rotatable bonds is 2. The van der Waals surface area contributed by atoms with Crippen LogP contribution in [0.15, 0.2) is 52.4 Å². The van der Waals surface area contributed by atoms with Crippen LogP contribution < -0.4 is 3.87 Å². The molecular formula is C26H28Ti. The third-order valence-electron chi connectivity index (χ3n) is 6.49. The van der Waals surface area contributed by atoms with Crippen LogP contribution in [0.2, 0.25) is 0 Å². The van der Waals surface area contributed by atoms with E-state index in [0.717, 1.165) is 6.42 Å². The van der Waals surface area contributed by atoms with Gasteiger partial charge in [-0.3, -0.25) is 0 Å². The fourth-order valence-electron chi connectivity index (χ4n) is 5.21. The predicted molar refractivity (Wildman–Crippen MR) is 114 cm³/mol. The van der Waals surface area contributed by atoms with E-state index in [1.807, 2.05) is 3.81 Å². The fraction of sp³-hybridized carbons (Fsp3) is 0.346. The van der Waals surface area contributed by atoms with Crippen molar-refractivity contribution in [1.82, 2.24) is 0 Å². The van der Waals surface area contributed by atoms with Gasteiger partial charge in [0.1, 0.15) is 0 Å². The Labute approximate surface area is 169 Å². The molecule has 0 atom stereocenters.